The minimum atomic E-state index is -0.201. The van der Waals surface area contributed by atoms with Crippen molar-refractivity contribution in [1.29, 1.82) is 0 Å². The van der Waals surface area contributed by atoms with Gasteiger partial charge >= 0.3 is 0 Å². The molecule has 1 heterocycles. The third-order valence-electron chi connectivity index (χ3n) is 1.80. The first kappa shape index (κ1) is 9.73. The predicted octanol–water partition coefficient (Wildman–Crippen LogP) is -0.818. The smallest absolute Gasteiger partial charge is 0.238 e. The van der Waals surface area contributed by atoms with Crippen molar-refractivity contribution < 1.29 is 4.79 Å². The topological polar surface area (TPSA) is 65.5 Å². The Balaban J connectivity index is 2.36. The second kappa shape index (κ2) is 4.61. The number of hydrogen-bond acceptors (Lipinski definition) is 4. The van der Waals surface area contributed by atoms with Crippen molar-refractivity contribution in [2.45, 2.75) is 19.1 Å². The van der Waals surface area contributed by atoms with E-state index in [9.17, 15) is 4.79 Å². The maximum atomic E-state index is 11.3. The van der Waals surface area contributed by atoms with Gasteiger partial charge in [-0.2, -0.15) is 0 Å². The lowest BCUT2D eigenvalue weighted by atomic mass is 10.3. The maximum Gasteiger partial charge on any atom is 0.238 e. The highest BCUT2D eigenvalue weighted by atomic mass is 16.2. The Bertz CT molecular complexity index is 236. The first-order valence-corrected chi connectivity index (χ1v) is 4.16. The van der Waals surface area contributed by atoms with E-state index in [1.165, 1.54) is 0 Å². The van der Waals surface area contributed by atoms with Crippen LogP contribution in [0.4, 0.5) is 0 Å². The SMILES string of the molecule is CNC(C)C(=O)NC1C=NC=CN1. The summed E-state index contributed by atoms with van der Waals surface area (Å²) in [5.41, 5.74) is 0. The quantitative estimate of drug-likeness (QED) is 0.534. The van der Waals surface area contributed by atoms with Gasteiger partial charge in [0.15, 0.2) is 0 Å². The van der Waals surface area contributed by atoms with Gasteiger partial charge < -0.3 is 16.0 Å². The van der Waals surface area contributed by atoms with Crippen molar-refractivity contribution in [2.24, 2.45) is 4.99 Å². The summed E-state index contributed by atoms with van der Waals surface area (Å²) < 4.78 is 0. The van der Waals surface area contributed by atoms with Gasteiger partial charge in [-0.05, 0) is 14.0 Å². The third-order valence-corrected chi connectivity index (χ3v) is 1.80. The lowest BCUT2D eigenvalue weighted by Crippen LogP contribution is -2.50. The van der Waals surface area contributed by atoms with E-state index < -0.39 is 0 Å². The molecule has 0 fully saturated rings. The molecule has 0 spiro atoms. The lowest BCUT2D eigenvalue weighted by Gasteiger charge is -2.18. The van der Waals surface area contributed by atoms with Gasteiger partial charge in [0.05, 0.1) is 6.04 Å². The normalized spacial score (nSPS) is 22.2. The number of carbonyl (C=O) groups excluding carboxylic acids is 1. The molecular weight excluding hydrogens is 168 g/mol. The standard InChI is InChI=1S/C8H14N4O/c1-6(9-2)8(13)12-7-5-10-3-4-11-7/h3-7,9,11H,1-2H3,(H,12,13). The van der Waals surface area contributed by atoms with E-state index in [-0.39, 0.29) is 18.1 Å². The van der Waals surface area contributed by atoms with Crippen LogP contribution in [-0.4, -0.2) is 31.4 Å². The van der Waals surface area contributed by atoms with Gasteiger partial charge in [0, 0.05) is 18.6 Å². The van der Waals surface area contributed by atoms with Gasteiger partial charge in [-0.3, -0.25) is 9.79 Å². The number of aliphatic imine (C=N–C) groups is 1. The fourth-order valence-electron chi connectivity index (χ4n) is 0.857. The molecule has 13 heavy (non-hydrogen) atoms. The van der Waals surface area contributed by atoms with Gasteiger partial charge in [0.2, 0.25) is 5.91 Å². The summed E-state index contributed by atoms with van der Waals surface area (Å²) in [6.07, 6.45) is 4.76. The summed E-state index contributed by atoms with van der Waals surface area (Å²) >= 11 is 0. The molecule has 1 rings (SSSR count). The molecule has 1 aliphatic rings. The zero-order chi connectivity index (χ0) is 9.68. The van der Waals surface area contributed by atoms with Crippen LogP contribution in [0.5, 0.6) is 0 Å². The average molecular weight is 182 g/mol. The third kappa shape index (κ3) is 2.87. The summed E-state index contributed by atoms with van der Waals surface area (Å²) in [5.74, 6) is -0.0539. The van der Waals surface area contributed by atoms with Crippen molar-refractivity contribution in [2.75, 3.05) is 7.05 Å². The molecule has 0 aromatic carbocycles. The predicted molar refractivity (Wildman–Crippen MR) is 51.2 cm³/mol. The zero-order valence-electron chi connectivity index (χ0n) is 7.74. The van der Waals surface area contributed by atoms with Crippen LogP contribution < -0.4 is 16.0 Å². The molecule has 0 radical (unpaired) electrons. The van der Waals surface area contributed by atoms with Crippen LogP contribution in [-0.2, 0) is 4.79 Å². The molecule has 72 valence electrons. The Morgan fingerprint density at radius 1 is 1.69 bits per heavy atom. The largest absolute Gasteiger partial charge is 0.366 e. The minimum Gasteiger partial charge on any atom is -0.366 e. The van der Waals surface area contributed by atoms with Gasteiger partial charge in [0.25, 0.3) is 0 Å². The fourth-order valence-corrected chi connectivity index (χ4v) is 0.857. The zero-order valence-corrected chi connectivity index (χ0v) is 7.74. The number of rotatable bonds is 3. The van der Waals surface area contributed by atoms with Crippen LogP contribution in [0.25, 0.3) is 0 Å². The number of carbonyl (C=O) groups is 1. The maximum absolute atomic E-state index is 11.3. The molecule has 5 heteroatoms. The Labute approximate surface area is 77.3 Å². The summed E-state index contributed by atoms with van der Waals surface area (Å²) in [6.45, 7) is 1.80. The molecule has 3 N–H and O–H groups in total. The number of likely N-dealkylation sites (N-methyl/N-ethyl adjacent to an activating group) is 1. The van der Waals surface area contributed by atoms with E-state index in [0.29, 0.717) is 0 Å². The second-order valence-corrected chi connectivity index (χ2v) is 2.78. The average Bonchev–Trinajstić information content (AvgIpc) is 2.18. The van der Waals surface area contributed by atoms with Gasteiger partial charge in [-0.1, -0.05) is 0 Å². The molecule has 0 saturated carbocycles. The van der Waals surface area contributed by atoms with E-state index in [1.807, 2.05) is 0 Å². The summed E-state index contributed by atoms with van der Waals surface area (Å²) in [4.78, 5) is 15.2. The molecule has 1 amide bonds. The molecule has 0 saturated heterocycles. The summed E-state index contributed by atoms with van der Waals surface area (Å²) in [6, 6.07) is -0.193. The number of nitrogens with zero attached hydrogens (tertiary/aromatic N) is 1. The number of nitrogens with one attached hydrogen (secondary N) is 3. The van der Waals surface area contributed by atoms with Gasteiger partial charge in [-0.15, -0.1) is 0 Å². The number of hydrogen-bond donors (Lipinski definition) is 3. The minimum absolute atomic E-state index is 0.0539. The highest BCUT2D eigenvalue weighted by Gasteiger charge is 2.14. The van der Waals surface area contributed by atoms with E-state index in [4.69, 9.17) is 0 Å². The molecular formula is C8H14N4O. The molecule has 5 nitrogen and oxygen atoms in total. The van der Waals surface area contributed by atoms with Crippen molar-refractivity contribution >= 4 is 12.1 Å². The summed E-state index contributed by atoms with van der Waals surface area (Å²) in [5, 5.41) is 8.55. The van der Waals surface area contributed by atoms with Crippen molar-refractivity contribution in [3.8, 4) is 0 Å². The van der Waals surface area contributed by atoms with Crippen molar-refractivity contribution in [3.63, 3.8) is 0 Å². The highest BCUT2D eigenvalue weighted by molar-refractivity contribution is 5.84. The molecule has 0 aliphatic carbocycles. The molecule has 1 aliphatic heterocycles. The molecule has 0 aromatic rings. The van der Waals surface area contributed by atoms with Crippen LogP contribution in [0.1, 0.15) is 6.92 Å². The van der Waals surface area contributed by atoms with Gasteiger partial charge in [-0.25, -0.2) is 0 Å². The Morgan fingerprint density at radius 2 is 2.46 bits per heavy atom. The Morgan fingerprint density at radius 3 is 3.00 bits per heavy atom. The van der Waals surface area contributed by atoms with Crippen LogP contribution >= 0.6 is 0 Å². The fraction of sp³-hybridized carbons (Fsp3) is 0.500. The number of amides is 1. The van der Waals surface area contributed by atoms with E-state index in [2.05, 4.69) is 20.9 Å². The van der Waals surface area contributed by atoms with E-state index in [0.717, 1.165) is 0 Å². The van der Waals surface area contributed by atoms with Gasteiger partial charge in [0.1, 0.15) is 6.17 Å². The molecule has 2 atom stereocenters. The van der Waals surface area contributed by atoms with Crippen LogP contribution in [0.15, 0.2) is 17.4 Å². The molecule has 0 aromatic heterocycles. The first-order chi connectivity index (χ1) is 6.24. The van der Waals surface area contributed by atoms with Crippen LogP contribution in [0.3, 0.4) is 0 Å². The molecule has 2 unspecified atom stereocenters. The van der Waals surface area contributed by atoms with E-state index >= 15 is 0 Å². The molecule has 0 bridgehead atoms. The monoisotopic (exact) mass is 182 g/mol. The summed E-state index contributed by atoms with van der Waals surface area (Å²) in [7, 11) is 1.74. The van der Waals surface area contributed by atoms with Crippen LogP contribution in [0, 0.1) is 0 Å². The first-order valence-electron chi connectivity index (χ1n) is 4.16. The second-order valence-electron chi connectivity index (χ2n) is 2.78. The Hall–Kier alpha value is -1.36. The highest BCUT2D eigenvalue weighted by Crippen LogP contribution is 1.86. The Kier molecular flexibility index (Phi) is 3.45. The van der Waals surface area contributed by atoms with Crippen molar-refractivity contribution in [3.05, 3.63) is 12.4 Å². The lowest BCUT2D eigenvalue weighted by molar-refractivity contribution is -0.123. The van der Waals surface area contributed by atoms with Crippen molar-refractivity contribution in [1.82, 2.24) is 16.0 Å². The van der Waals surface area contributed by atoms with E-state index in [1.54, 1.807) is 32.6 Å². The van der Waals surface area contributed by atoms with Crippen LogP contribution in [0.2, 0.25) is 0 Å².